The Kier molecular flexibility index (Phi) is 8.76. The molecule has 2 amide bonds. The lowest BCUT2D eigenvalue weighted by Crippen LogP contribution is -2.41. The Morgan fingerprint density at radius 2 is 1.70 bits per heavy atom. The van der Waals surface area contributed by atoms with E-state index in [0.717, 1.165) is 22.3 Å². The van der Waals surface area contributed by atoms with Gasteiger partial charge in [-0.15, -0.1) is 0 Å². The van der Waals surface area contributed by atoms with Crippen molar-refractivity contribution in [2.75, 3.05) is 19.7 Å². The highest BCUT2D eigenvalue weighted by atomic mass is 16.6. The van der Waals surface area contributed by atoms with Gasteiger partial charge < -0.3 is 24.8 Å². The second kappa shape index (κ2) is 12.2. The number of likely N-dealkylation sites (tertiary alicyclic amines) is 1. The molecule has 0 aromatic heterocycles. The van der Waals surface area contributed by atoms with Gasteiger partial charge in [0.05, 0.1) is 23.8 Å². The minimum Gasteiger partial charge on any atom is -0.491 e. The lowest BCUT2D eigenvalue weighted by Gasteiger charge is -2.22. The minimum absolute atomic E-state index is 0.114. The molecule has 208 valence electrons. The Bertz CT molecular complexity index is 1390. The number of aliphatic hydroxyl groups is 1. The highest BCUT2D eigenvalue weighted by molar-refractivity contribution is 5.98. The molecule has 8 heteroatoms. The zero-order chi connectivity index (χ0) is 28.9. The summed E-state index contributed by atoms with van der Waals surface area (Å²) in [5, 5.41) is 21.6. The molecule has 0 radical (unpaired) electrons. The molecule has 3 aromatic carbocycles. The van der Waals surface area contributed by atoms with Crippen LogP contribution in [0, 0.1) is 11.3 Å². The van der Waals surface area contributed by atoms with Crippen molar-refractivity contribution in [1.29, 1.82) is 5.26 Å². The molecular formula is C32H35N3O5. The average Bonchev–Trinajstić information content (AvgIpc) is 3.38. The fraction of sp³-hybridized carbons (Fsp3) is 0.344. The lowest BCUT2D eigenvalue weighted by molar-refractivity contribution is 0.0502. The highest BCUT2D eigenvalue weighted by Gasteiger charge is 2.29. The van der Waals surface area contributed by atoms with Gasteiger partial charge in [-0.25, -0.2) is 4.79 Å². The van der Waals surface area contributed by atoms with Crippen molar-refractivity contribution >= 4 is 12.0 Å². The van der Waals surface area contributed by atoms with Crippen molar-refractivity contribution in [2.45, 2.75) is 51.9 Å². The van der Waals surface area contributed by atoms with Gasteiger partial charge in [0.25, 0.3) is 5.91 Å². The molecule has 1 aliphatic heterocycles. The summed E-state index contributed by atoms with van der Waals surface area (Å²) in [6.45, 7) is 8.24. The van der Waals surface area contributed by atoms with Crippen LogP contribution in [-0.2, 0) is 4.74 Å². The molecule has 1 saturated heterocycles. The number of ether oxygens (including phenoxy) is 2. The summed E-state index contributed by atoms with van der Waals surface area (Å²) in [5.74, 6) is 0.539. The lowest BCUT2D eigenvalue weighted by atomic mass is 9.92. The summed E-state index contributed by atoms with van der Waals surface area (Å²) in [7, 11) is 0. The maximum absolute atomic E-state index is 13.5. The maximum atomic E-state index is 13.5. The van der Waals surface area contributed by atoms with Gasteiger partial charge >= 0.3 is 6.09 Å². The maximum Gasteiger partial charge on any atom is 0.407 e. The third-order valence-corrected chi connectivity index (χ3v) is 6.44. The number of nitrogens with one attached hydrogen (secondary N) is 1. The Morgan fingerprint density at radius 1 is 1.05 bits per heavy atom. The van der Waals surface area contributed by atoms with Crippen molar-refractivity contribution in [1.82, 2.24) is 10.2 Å². The van der Waals surface area contributed by atoms with E-state index in [4.69, 9.17) is 9.47 Å². The van der Waals surface area contributed by atoms with Crippen LogP contribution in [0.1, 0.15) is 50.0 Å². The zero-order valence-corrected chi connectivity index (χ0v) is 23.3. The first-order valence-electron chi connectivity index (χ1n) is 13.4. The molecule has 0 bridgehead atoms. The highest BCUT2D eigenvalue weighted by Crippen LogP contribution is 2.34. The molecule has 2 atom stereocenters. The Hall–Kier alpha value is -4.35. The van der Waals surface area contributed by atoms with Gasteiger partial charge in [0, 0.05) is 18.7 Å². The summed E-state index contributed by atoms with van der Waals surface area (Å²) in [5.41, 5.74) is 4.10. The molecule has 3 aromatic rings. The molecule has 0 spiro atoms. The van der Waals surface area contributed by atoms with E-state index < -0.39 is 17.8 Å². The third kappa shape index (κ3) is 7.39. The monoisotopic (exact) mass is 541 g/mol. The molecule has 40 heavy (non-hydrogen) atoms. The number of rotatable bonds is 7. The van der Waals surface area contributed by atoms with Crippen LogP contribution in [0.15, 0.2) is 66.7 Å². The van der Waals surface area contributed by atoms with Gasteiger partial charge in [0.2, 0.25) is 0 Å². The van der Waals surface area contributed by atoms with Gasteiger partial charge in [-0.05, 0) is 92.8 Å². The van der Waals surface area contributed by atoms with Gasteiger partial charge in [-0.1, -0.05) is 30.3 Å². The predicted molar refractivity (Wildman–Crippen MR) is 153 cm³/mol. The van der Waals surface area contributed by atoms with Crippen LogP contribution in [0.2, 0.25) is 0 Å². The topological polar surface area (TPSA) is 112 Å². The first kappa shape index (κ1) is 28.7. The third-order valence-electron chi connectivity index (χ3n) is 6.44. The van der Waals surface area contributed by atoms with E-state index in [-0.39, 0.29) is 18.6 Å². The van der Waals surface area contributed by atoms with Crippen molar-refractivity contribution < 1.29 is 24.2 Å². The summed E-state index contributed by atoms with van der Waals surface area (Å²) < 4.78 is 11.0. The van der Waals surface area contributed by atoms with E-state index in [2.05, 4.69) is 11.4 Å². The van der Waals surface area contributed by atoms with Crippen LogP contribution in [0.3, 0.4) is 0 Å². The average molecular weight is 542 g/mol. The van der Waals surface area contributed by atoms with Crippen LogP contribution in [0.5, 0.6) is 5.75 Å². The first-order chi connectivity index (χ1) is 19.0. The largest absolute Gasteiger partial charge is 0.491 e. The SMILES string of the molecule is CC(O)COc1ccc(-c2ccc(C(=O)N3CC[C@H](NC(=O)OC(C)(C)C)C3)cc2-c2ccc(C#N)cc2)cc1. The number of hydrogen-bond acceptors (Lipinski definition) is 6. The van der Waals surface area contributed by atoms with Crippen molar-refractivity contribution in [3.63, 3.8) is 0 Å². The molecule has 4 rings (SSSR count). The molecular weight excluding hydrogens is 506 g/mol. The number of hydrogen-bond donors (Lipinski definition) is 2. The van der Waals surface area contributed by atoms with Gasteiger partial charge in [0.15, 0.2) is 0 Å². The van der Waals surface area contributed by atoms with E-state index >= 15 is 0 Å². The quantitative estimate of drug-likeness (QED) is 0.415. The summed E-state index contributed by atoms with van der Waals surface area (Å²) in [6.07, 6.45) is -0.400. The number of amides is 2. The van der Waals surface area contributed by atoms with Crippen LogP contribution < -0.4 is 10.1 Å². The van der Waals surface area contributed by atoms with Crippen LogP contribution in [0.4, 0.5) is 4.79 Å². The smallest absolute Gasteiger partial charge is 0.407 e. The van der Waals surface area contributed by atoms with Crippen molar-refractivity contribution in [3.05, 3.63) is 77.9 Å². The molecule has 0 aliphatic carbocycles. The second-order valence-corrected chi connectivity index (χ2v) is 11.0. The van der Waals surface area contributed by atoms with Gasteiger partial charge in [-0.3, -0.25) is 4.79 Å². The van der Waals surface area contributed by atoms with E-state index in [0.29, 0.717) is 36.4 Å². The summed E-state index contributed by atoms with van der Waals surface area (Å²) in [6, 6.07) is 22.4. The van der Waals surface area contributed by atoms with Crippen molar-refractivity contribution in [2.24, 2.45) is 0 Å². The molecule has 1 aliphatic rings. The summed E-state index contributed by atoms with van der Waals surface area (Å²) in [4.78, 5) is 27.4. The standard InChI is InChI=1S/C32H35N3O5/c1-21(36)20-39-27-12-9-23(10-13-27)28-14-11-25(17-29(28)24-7-5-22(18-33)6-8-24)30(37)35-16-15-26(19-35)34-31(38)40-32(2,3)4/h5-14,17,21,26,36H,15-16,19-20H2,1-4H3,(H,34,38)/t21?,26-/m0/s1. The first-order valence-corrected chi connectivity index (χ1v) is 13.4. The predicted octanol–water partition coefficient (Wildman–Crippen LogP) is 5.39. The molecule has 1 heterocycles. The zero-order valence-electron chi connectivity index (χ0n) is 23.3. The molecule has 2 N–H and O–H groups in total. The number of carbonyl (C=O) groups excluding carboxylic acids is 2. The number of nitrogens with zero attached hydrogens (tertiary/aromatic N) is 2. The number of benzene rings is 3. The number of nitriles is 1. The Balaban J connectivity index is 1.58. The minimum atomic E-state index is -0.590. The normalized spacial score (nSPS) is 15.7. The van der Waals surface area contributed by atoms with Crippen LogP contribution >= 0.6 is 0 Å². The number of carbonyl (C=O) groups is 2. The molecule has 1 unspecified atom stereocenters. The fourth-order valence-corrected chi connectivity index (χ4v) is 4.56. The number of alkyl carbamates (subject to hydrolysis) is 1. The van der Waals surface area contributed by atoms with E-state index in [9.17, 15) is 20.0 Å². The van der Waals surface area contributed by atoms with Crippen LogP contribution in [-0.4, -0.2) is 59.5 Å². The molecule has 8 nitrogen and oxygen atoms in total. The molecule has 1 fully saturated rings. The summed E-state index contributed by atoms with van der Waals surface area (Å²) >= 11 is 0. The molecule has 0 saturated carbocycles. The van der Waals surface area contributed by atoms with Gasteiger partial charge in [0.1, 0.15) is 18.0 Å². The van der Waals surface area contributed by atoms with E-state index in [1.807, 2.05) is 75.4 Å². The Labute approximate surface area is 235 Å². The van der Waals surface area contributed by atoms with Gasteiger partial charge in [-0.2, -0.15) is 5.26 Å². The van der Waals surface area contributed by atoms with E-state index in [1.54, 1.807) is 24.0 Å². The van der Waals surface area contributed by atoms with Crippen molar-refractivity contribution in [3.8, 4) is 34.1 Å². The number of aliphatic hydroxyl groups excluding tert-OH is 1. The fourth-order valence-electron chi connectivity index (χ4n) is 4.56. The van der Waals surface area contributed by atoms with Crippen LogP contribution in [0.25, 0.3) is 22.3 Å². The second-order valence-electron chi connectivity index (χ2n) is 11.0. The Morgan fingerprint density at radius 3 is 2.33 bits per heavy atom. The van der Waals surface area contributed by atoms with E-state index in [1.165, 1.54) is 0 Å².